The van der Waals surface area contributed by atoms with Gasteiger partial charge in [-0.1, -0.05) is 18.2 Å². The van der Waals surface area contributed by atoms with Crippen molar-refractivity contribution < 1.29 is 22.6 Å². The summed E-state index contributed by atoms with van der Waals surface area (Å²) >= 11 is 0. The number of benzene rings is 1. The van der Waals surface area contributed by atoms with Crippen molar-refractivity contribution in [1.82, 2.24) is 9.88 Å². The SMILES string of the molecule is FC(F)(F)[C@H]1CN(Cc2cccc(OCc3ccccn3)c2)CCO1. The monoisotopic (exact) mass is 352 g/mol. The zero-order valence-electron chi connectivity index (χ0n) is 13.6. The van der Waals surface area contributed by atoms with Gasteiger partial charge in [-0.25, -0.2) is 0 Å². The molecule has 2 aromatic rings. The van der Waals surface area contributed by atoms with E-state index in [-0.39, 0.29) is 13.2 Å². The van der Waals surface area contributed by atoms with Gasteiger partial charge in [0.05, 0.1) is 12.3 Å². The molecule has 1 aromatic heterocycles. The van der Waals surface area contributed by atoms with Crippen LogP contribution in [0.15, 0.2) is 48.7 Å². The molecule has 1 atom stereocenters. The molecule has 25 heavy (non-hydrogen) atoms. The number of halogens is 3. The first-order valence-corrected chi connectivity index (χ1v) is 8.03. The molecule has 7 heteroatoms. The van der Waals surface area contributed by atoms with Crippen LogP contribution in [-0.2, 0) is 17.9 Å². The van der Waals surface area contributed by atoms with E-state index in [4.69, 9.17) is 9.47 Å². The highest BCUT2D eigenvalue weighted by Crippen LogP contribution is 2.26. The lowest BCUT2D eigenvalue weighted by Crippen LogP contribution is -2.48. The molecule has 0 amide bonds. The van der Waals surface area contributed by atoms with Crippen molar-refractivity contribution in [3.05, 3.63) is 59.9 Å². The first-order valence-electron chi connectivity index (χ1n) is 8.03. The summed E-state index contributed by atoms with van der Waals surface area (Å²) in [6.45, 7) is 1.18. The summed E-state index contributed by atoms with van der Waals surface area (Å²) in [5.41, 5.74) is 1.72. The second-order valence-corrected chi connectivity index (χ2v) is 5.89. The minimum absolute atomic E-state index is 0.0834. The highest BCUT2D eigenvalue weighted by Gasteiger charge is 2.43. The van der Waals surface area contributed by atoms with Gasteiger partial charge in [0.25, 0.3) is 0 Å². The van der Waals surface area contributed by atoms with Gasteiger partial charge in [-0.15, -0.1) is 0 Å². The van der Waals surface area contributed by atoms with Gasteiger partial charge in [0.1, 0.15) is 12.4 Å². The Kier molecular flexibility index (Phi) is 5.55. The Bertz CT molecular complexity index is 680. The third kappa shape index (κ3) is 5.17. The van der Waals surface area contributed by atoms with Crippen molar-refractivity contribution in [3.8, 4) is 5.75 Å². The molecule has 0 radical (unpaired) electrons. The van der Waals surface area contributed by atoms with E-state index in [0.717, 1.165) is 11.3 Å². The summed E-state index contributed by atoms with van der Waals surface area (Å²) in [5.74, 6) is 0.670. The molecule has 2 heterocycles. The van der Waals surface area contributed by atoms with Gasteiger partial charge in [-0.2, -0.15) is 13.2 Å². The molecule has 0 aliphatic carbocycles. The van der Waals surface area contributed by atoms with Crippen molar-refractivity contribution in [1.29, 1.82) is 0 Å². The lowest BCUT2D eigenvalue weighted by atomic mass is 10.1. The Hall–Kier alpha value is -2.12. The molecule has 0 spiro atoms. The molecule has 0 N–H and O–H groups in total. The van der Waals surface area contributed by atoms with E-state index in [0.29, 0.717) is 25.4 Å². The number of hydrogen-bond donors (Lipinski definition) is 0. The maximum atomic E-state index is 12.8. The normalized spacial score (nSPS) is 18.9. The topological polar surface area (TPSA) is 34.6 Å². The fraction of sp³-hybridized carbons (Fsp3) is 0.389. The van der Waals surface area contributed by atoms with Crippen LogP contribution in [0.4, 0.5) is 13.2 Å². The van der Waals surface area contributed by atoms with Gasteiger partial charge >= 0.3 is 6.18 Å². The second-order valence-electron chi connectivity index (χ2n) is 5.89. The highest BCUT2D eigenvalue weighted by atomic mass is 19.4. The first-order chi connectivity index (χ1) is 12.0. The third-order valence-electron chi connectivity index (χ3n) is 3.93. The third-order valence-corrected chi connectivity index (χ3v) is 3.93. The van der Waals surface area contributed by atoms with Crippen LogP contribution >= 0.6 is 0 Å². The van der Waals surface area contributed by atoms with E-state index in [1.54, 1.807) is 11.1 Å². The molecule has 4 nitrogen and oxygen atoms in total. The highest BCUT2D eigenvalue weighted by molar-refractivity contribution is 5.28. The van der Waals surface area contributed by atoms with Crippen LogP contribution in [0.2, 0.25) is 0 Å². The molecule has 0 saturated carbocycles. The number of hydrogen-bond acceptors (Lipinski definition) is 4. The Balaban J connectivity index is 1.58. The summed E-state index contributed by atoms with van der Waals surface area (Å²) in [7, 11) is 0. The minimum Gasteiger partial charge on any atom is -0.487 e. The van der Waals surface area contributed by atoms with E-state index in [2.05, 4.69) is 4.98 Å². The second kappa shape index (κ2) is 7.84. The fourth-order valence-corrected chi connectivity index (χ4v) is 2.68. The van der Waals surface area contributed by atoms with Gasteiger partial charge in [0.2, 0.25) is 0 Å². The predicted molar refractivity (Wildman–Crippen MR) is 86.1 cm³/mol. The number of alkyl halides is 3. The zero-order valence-corrected chi connectivity index (χ0v) is 13.6. The van der Waals surface area contributed by atoms with Crippen LogP contribution in [0, 0.1) is 0 Å². The van der Waals surface area contributed by atoms with Gasteiger partial charge in [-0.05, 0) is 29.8 Å². The maximum Gasteiger partial charge on any atom is 0.415 e. The standard InChI is InChI=1S/C18H19F3N2O2/c19-18(20,21)17-12-23(8-9-24-17)11-14-4-3-6-16(10-14)25-13-15-5-1-2-7-22-15/h1-7,10,17H,8-9,11-13H2/t17-/m1/s1. The fourth-order valence-electron chi connectivity index (χ4n) is 2.68. The van der Waals surface area contributed by atoms with Gasteiger partial charge < -0.3 is 9.47 Å². The van der Waals surface area contributed by atoms with Crippen molar-refractivity contribution in [2.24, 2.45) is 0 Å². The maximum absolute atomic E-state index is 12.8. The molecule has 1 aliphatic rings. The number of morpholine rings is 1. The van der Waals surface area contributed by atoms with Crippen molar-refractivity contribution in [2.45, 2.75) is 25.4 Å². The molecule has 3 rings (SSSR count). The van der Waals surface area contributed by atoms with Crippen LogP contribution < -0.4 is 4.74 Å². The number of aromatic nitrogens is 1. The smallest absolute Gasteiger partial charge is 0.415 e. The average molecular weight is 352 g/mol. The van der Waals surface area contributed by atoms with E-state index in [9.17, 15) is 13.2 Å². The number of pyridine rings is 1. The summed E-state index contributed by atoms with van der Waals surface area (Å²) in [6, 6.07) is 13.0. The molecule has 134 valence electrons. The summed E-state index contributed by atoms with van der Waals surface area (Å²) in [4.78, 5) is 5.94. The van der Waals surface area contributed by atoms with Crippen LogP contribution in [0.5, 0.6) is 5.75 Å². The largest absolute Gasteiger partial charge is 0.487 e. The van der Waals surface area contributed by atoms with E-state index < -0.39 is 12.3 Å². The predicted octanol–water partition coefficient (Wildman–Crippen LogP) is 3.42. The lowest BCUT2D eigenvalue weighted by molar-refractivity contribution is -0.237. The van der Waals surface area contributed by atoms with Gasteiger partial charge in [0, 0.05) is 25.8 Å². The van der Waals surface area contributed by atoms with Crippen molar-refractivity contribution in [2.75, 3.05) is 19.7 Å². The van der Waals surface area contributed by atoms with E-state index >= 15 is 0 Å². The molecular weight excluding hydrogens is 333 g/mol. The van der Waals surface area contributed by atoms with Crippen molar-refractivity contribution >= 4 is 0 Å². The summed E-state index contributed by atoms with van der Waals surface area (Å²) in [6.07, 6.45) is -4.35. The minimum atomic E-state index is -4.33. The first kappa shape index (κ1) is 17.7. The lowest BCUT2D eigenvalue weighted by Gasteiger charge is -2.33. The molecule has 0 bridgehead atoms. The Morgan fingerprint density at radius 3 is 2.84 bits per heavy atom. The van der Waals surface area contributed by atoms with Crippen LogP contribution in [0.1, 0.15) is 11.3 Å². The van der Waals surface area contributed by atoms with E-state index in [1.165, 1.54) is 0 Å². The summed E-state index contributed by atoms with van der Waals surface area (Å²) < 4.78 is 48.9. The quantitative estimate of drug-likeness (QED) is 0.826. The van der Waals surface area contributed by atoms with Gasteiger partial charge in [0.15, 0.2) is 6.10 Å². The average Bonchev–Trinajstić information content (AvgIpc) is 2.61. The molecule has 1 aromatic carbocycles. The van der Waals surface area contributed by atoms with Gasteiger partial charge in [-0.3, -0.25) is 9.88 Å². The Morgan fingerprint density at radius 1 is 1.20 bits per heavy atom. The van der Waals surface area contributed by atoms with Crippen molar-refractivity contribution in [3.63, 3.8) is 0 Å². The van der Waals surface area contributed by atoms with E-state index in [1.807, 2.05) is 42.5 Å². The number of nitrogens with zero attached hydrogens (tertiary/aromatic N) is 2. The van der Waals surface area contributed by atoms with Crippen LogP contribution in [0.25, 0.3) is 0 Å². The number of rotatable bonds is 5. The molecule has 1 saturated heterocycles. The van der Waals surface area contributed by atoms with Crippen LogP contribution in [-0.4, -0.2) is 41.9 Å². The number of ether oxygens (including phenoxy) is 2. The Labute approximate surface area is 144 Å². The molecule has 1 aliphatic heterocycles. The molecular formula is C18H19F3N2O2. The van der Waals surface area contributed by atoms with Crippen LogP contribution in [0.3, 0.4) is 0 Å². The molecule has 1 fully saturated rings. The Morgan fingerprint density at radius 2 is 2.08 bits per heavy atom. The summed E-state index contributed by atoms with van der Waals surface area (Å²) in [5, 5.41) is 0. The zero-order chi connectivity index (χ0) is 17.7. The molecule has 0 unspecified atom stereocenters.